The third-order valence-corrected chi connectivity index (χ3v) is 4.05. The van der Waals surface area contributed by atoms with Crippen LogP contribution in [0.5, 0.6) is 0 Å². The molecular weight excluding hydrogens is 330 g/mol. The fourth-order valence-electron chi connectivity index (χ4n) is 2.57. The highest BCUT2D eigenvalue weighted by molar-refractivity contribution is 5.84. The van der Waals surface area contributed by atoms with E-state index in [1.165, 1.54) is 0 Å². The number of aliphatic imine (C=N–C) groups is 1. The number of likely N-dealkylation sites (N-methyl/N-ethyl adjacent to an activating group) is 1. The molecule has 0 rings (SSSR count). The third kappa shape index (κ3) is 12.1. The zero-order valence-electron chi connectivity index (χ0n) is 18.0. The summed E-state index contributed by atoms with van der Waals surface area (Å²) >= 11 is 0. The van der Waals surface area contributed by atoms with Crippen LogP contribution in [-0.4, -0.2) is 87.2 Å². The molecular formula is C19H41N5O2. The van der Waals surface area contributed by atoms with Gasteiger partial charge in [-0.15, -0.1) is 0 Å². The molecule has 26 heavy (non-hydrogen) atoms. The maximum Gasteiger partial charge on any atom is 0.243 e. The Balaban J connectivity index is 4.41. The van der Waals surface area contributed by atoms with Crippen LogP contribution in [0.4, 0.5) is 0 Å². The van der Waals surface area contributed by atoms with Gasteiger partial charge in [-0.2, -0.15) is 0 Å². The molecule has 1 amide bonds. The standard InChI is InChI=1S/C19H41N5O2/c1-8-26-14-10-12-21-19(22-15-18(25)23(6)7)20-11-9-13-24(16(2)3)17(4)5/h16-17H,8-15H2,1-7H3,(H2,20,21,22). The number of nitrogens with zero attached hydrogens (tertiary/aromatic N) is 3. The van der Waals surface area contributed by atoms with E-state index in [0.29, 0.717) is 18.0 Å². The molecule has 0 aromatic rings. The number of carbonyl (C=O) groups excluding carboxylic acids is 1. The summed E-state index contributed by atoms with van der Waals surface area (Å²) in [5.41, 5.74) is 0. The summed E-state index contributed by atoms with van der Waals surface area (Å²) in [6.07, 6.45) is 1.93. The van der Waals surface area contributed by atoms with Crippen molar-refractivity contribution in [3.05, 3.63) is 0 Å². The lowest BCUT2D eigenvalue weighted by Crippen LogP contribution is -2.42. The first kappa shape index (κ1) is 24.7. The topological polar surface area (TPSA) is 69.2 Å². The molecule has 0 aliphatic carbocycles. The first-order valence-electron chi connectivity index (χ1n) is 9.85. The van der Waals surface area contributed by atoms with E-state index in [1.54, 1.807) is 19.0 Å². The summed E-state index contributed by atoms with van der Waals surface area (Å²) in [7, 11) is 3.49. The number of amides is 1. The monoisotopic (exact) mass is 371 g/mol. The maximum atomic E-state index is 11.8. The highest BCUT2D eigenvalue weighted by Gasteiger charge is 2.12. The van der Waals surface area contributed by atoms with Crippen LogP contribution in [0, 0.1) is 0 Å². The van der Waals surface area contributed by atoms with E-state index in [2.05, 4.69) is 48.2 Å². The van der Waals surface area contributed by atoms with Gasteiger partial charge in [0.15, 0.2) is 5.96 Å². The minimum absolute atomic E-state index is 0.00814. The summed E-state index contributed by atoms with van der Waals surface area (Å²) < 4.78 is 5.35. The Morgan fingerprint density at radius 3 is 2.12 bits per heavy atom. The van der Waals surface area contributed by atoms with Crippen molar-refractivity contribution in [1.82, 2.24) is 20.4 Å². The summed E-state index contributed by atoms with van der Waals surface area (Å²) in [6, 6.07) is 1.08. The largest absolute Gasteiger partial charge is 0.382 e. The van der Waals surface area contributed by atoms with Gasteiger partial charge in [-0.25, -0.2) is 4.99 Å². The lowest BCUT2D eigenvalue weighted by atomic mass is 10.2. The summed E-state index contributed by atoms with van der Waals surface area (Å²) in [5.74, 6) is 0.684. The van der Waals surface area contributed by atoms with Crippen LogP contribution in [0.25, 0.3) is 0 Å². The van der Waals surface area contributed by atoms with E-state index in [4.69, 9.17) is 4.74 Å². The molecule has 0 atom stereocenters. The average molecular weight is 372 g/mol. The van der Waals surface area contributed by atoms with Crippen LogP contribution in [0.15, 0.2) is 4.99 Å². The number of rotatable bonds is 13. The van der Waals surface area contributed by atoms with Gasteiger partial charge in [0.05, 0.1) is 0 Å². The molecule has 0 saturated carbocycles. The fraction of sp³-hybridized carbons (Fsp3) is 0.895. The Morgan fingerprint density at radius 2 is 1.62 bits per heavy atom. The predicted molar refractivity (Wildman–Crippen MR) is 110 cm³/mol. The quantitative estimate of drug-likeness (QED) is 0.292. The number of hydrogen-bond acceptors (Lipinski definition) is 4. The number of ether oxygens (including phenoxy) is 1. The molecule has 0 heterocycles. The van der Waals surface area contributed by atoms with Crippen molar-refractivity contribution in [3.63, 3.8) is 0 Å². The van der Waals surface area contributed by atoms with Gasteiger partial charge in [0, 0.05) is 59.0 Å². The van der Waals surface area contributed by atoms with Gasteiger partial charge in [0.1, 0.15) is 6.54 Å². The van der Waals surface area contributed by atoms with Crippen LogP contribution >= 0.6 is 0 Å². The maximum absolute atomic E-state index is 11.8. The molecule has 0 fully saturated rings. The van der Waals surface area contributed by atoms with E-state index in [9.17, 15) is 4.79 Å². The summed E-state index contributed by atoms with van der Waals surface area (Å²) in [4.78, 5) is 20.2. The molecule has 0 aromatic heterocycles. The van der Waals surface area contributed by atoms with E-state index in [-0.39, 0.29) is 12.5 Å². The number of nitrogens with one attached hydrogen (secondary N) is 2. The van der Waals surface area contributed by atoms with Crippen LogP contribution in [-0.2, 0) is 9.53 Å². The Morgan fingerprint density at radius 1 is 1.04 bits per heavy atom. The van der Waals surface area contributed by atoms with Gasteiger partial charge in [-0.3, -0.25) is 9.69 Å². The second-order valence-electron chi connectivity index (χ2n) is 7.14. The number of carbonyl (C=O) groups is 1. The smallest absolute Gasteiger partial charge is 0.243 e. The second kappa shape index (κ2) is 14.8. The van der Waals surface area contributed by atoms with Gasteiger partial charge in [0.25, 0.3) is 0 Å². The van der Waals surface area contributed by atoms with Crippen molar-refractivity contribution >= 4 is 11.9 Å². The van der Waals surface area contributed by atoms with Gasteiger partial charge >= 0.3 is 0 Å². The van der Waals surface area contributed by atoms with Crippen molar-refractivity contribution < 1.29 is 9.53 Å². The van der Waals surface area contributed by atoms with Crippen LogP contribution in [0.1, 0.15) is 47.5 Å². The molecule has 0 aliphatic heterocycles. The van der Waals surface area contributed by atoms with Gasteiger partial charge < -0.3 is 20.3 Å². The highest BCUT2D eigenvalue weighted by Crippen LogP contribution is 2.05. The van der Waals surface area contributed by atoms with Crippen molar-refractivity contribution in [3.8, 4) is 0 Å². The van der Waals surface area contributed by atoms with E-state index < -0.39 is 0 Å². The highest BCUT2D eigenvalue weighted by atomic mass is 16.5. The van der Waals surface area contributed by atoms with Gasteiger partial charge in [-0.1, -0.05) is 0 Å². The Labute approximate surface area is 160 Å². The first-order chi connectivity index (χ1) is 12.3. The van der Waals surface area contributed by atoms with E-state index in [1.807, 2.05) is 6.92 Å². The van der Waals surface area contributed by atoms with Crippen molar-refractivity contribution in [2.75, 3.05) is 53.5 Å². The molecule has 154 valence electrons. The van der Waals surface area contributed by atoms with Crippen LogP contribution in [0.3, 0.4) is 0 Å². The molecule has 7 heteroatoms. The SMILES string of the molecule is CCOCCCNC(=NCC(=O)N(C)C)NCCCN(C(C)C)C(C)C. The van der Waals surface area contributed by atoms with E-state index in [0.717, 1.165) is 45.7 Å². The summed E-state index contributed by atoms with van der Waals surface area (Å²) in [5, 5.41) is 6.62. The van der Waals surface area contributed by atoms with Crippen LogP contribution < -0.4 is 10.6 Å². The molecule has 0 aromatic carbocycles. The molecule has 0 saturated heterocycles. The second-order valence-corrected chi connectivity index (χ2v) is 7.14. The lowest BCUT2D eigenvalue weighted by Gasteiger charge is -2.30. The molecule has 7 nitrogen and oxygen atoms in total. The Hall–Kier alpha value is -1.34. The average Bonchev–Trinajstić information content (AvgIpc) is 2.57. The molecule has 0 unspecified atom stereocenters. The lowest BCUT2D eigenvalue weighted by molar-refractivity contribution is -0.127. The van der Waals surface area contributed by atoms with Crippen molar-refractivity contribution in [2.45, 2.75) is 59.5 Å². The Kier molecular flexibility index (Phi) is 14.0. The number of guanidine groups is 1. The minimum Gasteiger partial charge on any atom is -0.382 e. The molecule has 2 N–H and O–H groups in total. The van der Waals surface area contributed by atoms with Crippen LogP contribution in [0.2, 0.25) is 0 Å². The summed E-state index contributed by atoms with van der Waals surface area (Å²) in [6.45, 7) is 15.2. The fourth-order valence-corrected chi connectivity index (χ4v) is 2.57. The molecule has 0 spiro atoms. The normalized spacial score (nSPS) is 12.2. The van der Waals surface area contributed by atoms with E-state index >= 15 is 0 Å². The zero-order valence-corrected chi connectivity index (χ0v) is 18.0. The predicted octanol–water partition coefficient (Wildman–Crippen LogP) is 1.55. The minimum atomic E-state index is -0.00814. The zero-order chi connectivity index (χ0) is 19.9. The van der Waals surface area contributed by atoms with Crippen molar-refractivity contribution in [1.29, 1.82) is 0 Å². The molecule has 0 bridgehead atoms. The molecule has 0 radical (unpaired) electrons. The van der Waals surface area contributed by atoms with Gasteiger partial charge in [0.2, 0.25) is 5.91 Å². The Bertz CT molecular complexity index is 389. The molecule has 0 aliphatic rings. The first-order valence-corrected chi connectivity index (χ1v) is 9.85. The number of hydrogen-bond donors (Lipinski definition) is 2. The van der Waals surface area contributed by atoms with Crippen molar-refractivity contribution in [2.24, 2.45) is 4.99 Å². The van der Waals surface area contributed by atoms with Gasteiger partial charge in [-0.05, 0) is 47.5 Å². The third-order valence-electron chi connectivity index (χ3n) is 4.05.